The van der Waals surface area contributed by atoms with Gasteiger partial charge in [0.1, 0.15) is 0 Å². The summed E-state index contributed by atoms with van der Waals surface area (Å²) in [5.74, 6) is 0.0484. The molecule has 0 aliphatic carbocycles. The normalized spacial score (nSPS) is 9.93. The summed E-state index contributed by atoms with van der Waals surface area (Å²) in [6.45, 7) is 0.684. The molecule has 15 heavy (non-hydrogen) atoms. The Morgan fingerprint density at radius 3 is 2.67 bits per heavy atom. The molecule has 3 nitrogen and oxygen atoms in total. The van der Waals surface area contributed by atoms with Crippen molar-refractivity contribution in [3.05, 3.63) is 35.9 Å². The van der Waals surface area contributed by atoms with Crippen LogP contribution < -0.4 is 5.32 Å². The van der Waals surface area contributed by atoms with Gasteiger partial charge < -0.3 is 10.4 Å². The van der Waals surface area contributed by atoms with Crippen molar-refractivity contribution < 1.29 is 9.90 Å². The van der Waals surface area contributed by atoms with Gasteiger partial charge in [-0.25, -0.2) is 0 Å². The molecule has 0 unspecified atom stereocenters. The molecule has 0 radical (unpaired) electrons. The van der Waals surface area contributed by atoms with Gasteiger partial charge in [0.15, 0.2) is 0 Å². The standard InChI is InChI=1S/C12H17NO2/c14-10-4-9-13-12(15)8-7-11-5-2-1-3-6-11/h1-3,5-6,14H,4,7-10H2,(H,13,15). The lowest BCUT2D eigenvalue weighted by atomic mass is 10.1. The molecular weight excluding hydrogens is 190 g/mol. The number of amides is 1. The Morgan fingerprint density at radius 1 is 1.27 bits per heavy atom. The van der Waals surface area contributed by atoms with E-state index in [2.05, 4.69) is 5.32 Å². The zero-order valence-corrected chi connectivity index (χ0v) is 8.78. The van der Waals surface area contributed by atoms with E-state index in [-0.39, 0.29) is 12.5 Å². The zero-order chi connectivity index (χ0) is 10.9. The molecule has 1 aromatic rings. The van der Waals surface area contributed by atoms with Crippen LogP contribution in [0.4, 0.5) is 0 Å². The number of carbonyl (C=O) groups is 1. The molecule has 1 amide bonds. The maximum absolute atomic E-state index is 11.3. The number of aryl methyl sites for hydroxylation is 1. The molecule has 1 aromatic carbocycles. The van der Waals surface area contributed by atoms with Gasteiger partial charge >= 0.3 is 0 Å². The molecule has 1 rings (SSSR count). The second kappa shape index (κ2) is 7.01. The van der Waals surface area contributed by atoms with Crippen molar-refractivity contribution in [2.45, 2.75) is 19.3 Å². The summed E-state index contributed by atoms with van der Waals surface area (Å²) in [7, 11) is 0. The summed E-state index contributed by atoms with van der Waals surface area (Å²) in [5, 5.41) is 11.3. The first-order valence-electron chi connectivity index (χ1n) is 5.24. The second-order valence-corrected chi connectivity index (χ2v) is 3.41. The highest BCUT2D eigenvalue weighted by Gasteiger charge is 2.00. The molecule has 2 N–H and O–H groups in total. The molecule has 0 bridgehead atoms. The van der Waals surface area contributed by atoms with E-state index >= 15 is 0 Å². The van der Waals surface area contributed by atoms with Gasteiger partial charge in [0.05, 0.1) is 0 Å². The SMILES string of the molecule is O=C(CCc1ccccc1)NCCCO. The van der Waals surface area contributed by atoms with E-state index in [0.29, 0.717) is 19.4 Å². The van der Waals surface area contributed by atoms with Crippen LogP contribution in [0.15, 0.2) is 30.3 Å². The Kier molecular flexibility index (Phi) is 5.48. The maximum atomic E-state index is 11.3. The number of rotatable bonds is 6. The molecule has 0 heterocycles. The van der Waals surface area contributed by atoms with E-state index < -0.39 is 0 Å². The monoisotopic (exact) mass is 207 g/mol. The van der Waals surface area contributed by atoms with Crippen LogP contribution in [0.3, 0.4) is 0 Å². The lowest BCUT2D eigenvalue weighted by Gasteiger charge is -2.03. The fourth-order valence-electron chi connectivity index (χ4n) is 1.30. The van der Waals surface area contributed by atoms with Crippen LogP contribution in [-0.4, -0.2) is 24.2 Å². The van der Waals surface area contributed by atoms with E-state index in [1.165, 1.54) is 5.56 Å². The Bertz CT molecular complexity index is 285. The minimum atomic E-state index is 0.0484. The Hall–Kier alpha value is -1.35. The van der Waals surface area contributed by atoms with Crippen LogP contribution in [0, 0.1) is 0 Å². The first-order chi connectivity index (χ1) is 7.33. The van der Waals surface area contributed by atoms with Gasteiger partial charge in [-0.1, -0.05) is 30.3 Å². The summed E-state index contributed by atoms with van der Waals surface area (Å²) >= 11 is 0. The number of hydrogen-bond acceptors (Lipinski definition) is 2. The fourth-order valence-corrected chi connectivity index (χ4v) is 1.30. The molecule has 0 fully saturated rings. The van der Waals surface area contributed by atoms with Crippen LogP contribution in [0.5, 0.6) is 0 Å². The molecule has 0 atom stereocenters. The molecule has 0 saturated carbocycles. The van der Waals surface area contributed by atoms with Crippen molar-refractivity contribution in [3.8, 4) is 0 Å². The number of aliphatic hydroxyl groups excluding tert-OH is 1. The first-order valence-corrected chi connectivity index (χ1v) is 5.24. The smallest absolute Gasteiger partial charge is 0.220 e. The first kappa shape index (κ1) is 11.7. The predicted octanol–water partition coefficient (Wildman–Crippen LogP) is 1.12. The van der Waals surface area contributed by atoms with Crippen LogP contribution in [0.2, 0.25) is 0 Å². The largest absolute Gasteiger partial charge is 0.396 e. The molecule has 0 spiro atoms. The van der Waals surface area contributed by atoms with Crippen molar-refractivity contribution in [2.75, 3.05) is 13.2 Å². The molecule has 0 aliphatic heterocycles. The molecule has 3 heteroatoms. The van der Waals surface area contributed by atoms with Crippen LogP contribution in [0.25, 0.3) is 0 Å². The van der Waals surface area contributed by atoms with E-state index in [0.717, 1.165) is 6.42 Å². The van der Waals surface area contributed by atoms with Gasteiger partial charge in [0.25, 0.3) is 0 Å². The molecule has 0 saturated heterocycles. The average molecular weight is 207 g/mol. The average Bonchev–Trinajstić information content (AvgIpc) is 2.28. The fraction of sp³-hybridized carbons (Fsp3) is 0.417. The highest BCUT2D eigenvalue weighted by molar-refractivity contribution is 5.76. The van der Waals surface area contributed by atoms with Gasteiger partial charge in [-0.05, 0) is 18.4 Å². The van der Waals surface area contributed by atoms with Gasteiger partial charge in [0, 0.05) is 19.6 Å². The number of benzene rings is 1. The number of aliphatic hydroxyl groups is 1. The van der Waals surface area contributed by atoms with Gasteiger partial charge in [-0.2, -0.15) is 0 Å². The summed E-state index contributed by atoms with van der Waals surface area (Å²) in [4.78, 5) is 11.3. The quantitative estimate of drug-likeness (QED) is 0.687. The van der Waals surface area contributed by atoms with E-state index in [4.69, 9.17) is 5.11 Å². The van der Waals surface area contributed by atoms with Crippen LogP contribution in [-0.2, 0) is 11.2 Å². The zero-order valence-electron chi connectivity index (χ0n) is 8.78. The summed E-state index contributed by atoms with van der Waals surface area (Å²) in [6, 6.07) is 9.94. The van der Waals surface area contributed by atoms with Crippen molar-refractivity contribution in [1.82, 2.24) is 5.32 Å². The third kappa shape index (κ3) is 5.18. The number of carbonyl (C=O) groups excluding carboxylic acids is 1. The van der Waals surface area contributed by atoms with E-state index in [9.17, 15) is 4.79 Å². The summed E-state index contributed by atoms with van der Waals surface area (Å²) in [5.41, 5.74) is 1.18. The maximum Gasteiger partial charge on any atom is 0.220 e. The number of hydrogen-bond donors (Lipinski definition) is 2. The van der Waals surface area contributed by atoms with E-state index in [1.54, 1.807) is 0 Å². The Labute approximate surface area is 90.1 Å². The van der Waals surface area contributed by atoms with Crippen LogP contribution in [0.1, 0.15) is 18.4 Å². The highest BCUT2D eigenvalue weighted by Crippen LogP contribution is 2.01. The summed E-state index contributed by atoms with van der Waals surface area (Å²) < 4.78 is 0. The highest BCUT2D eigenvalue weighted by atomic mass is 16.3. The molecule has 0 aromatic heterocycles. The summed E-state index contributed by atoms with van der Waals surface area (Å²) in [6.07, 6.45) is 1.90. The predicted molar refractivity (Wildman–Crippen MR) is 59.5 cm³/mol. The lowest BCUT2D eigenvalue weighted by molar-refractivity contribution is -0.121. The van der Waals surface area contributed by atoms with Crippen molar-refractivity contribution in [1.29, 1.82) is 0 Å². The van der Waals surface area contributed by atoms with Crippen molar-refractivity contribution >= 4 is 5.91 Å². The van der Waals surface area contributed by atoms with Crippen molar-refractivity contribution in [3.63, 3.8) is 0 Å². The van der Waals surface area contributed by atoms with Crippen molar-refractivity contribution in [2.24, 2.45) is 0 Å². The van der Waals surface area contributed by atoms with E-state index in [1.807, 2.05) is 30.3 Å². The number of nitrogens with one attached hydrogen (secondary N) is 1. The third-order valence-electron chi connectivity index (χ3n) is 2.14. The second-order valence-electron chi connectivity index (χ2n) is 3.41. The van der Waals surface area contributed by atoms with Gasteiger partial charge in [-0.3, -0.25) is 4.79 Å². The molecule has 0 aliphatic rings. The van der Waals surface area contributed by atoms with Gasteiger partial charge in [-0.15, -0.1) is 0 Å². The van der Waals surface area contributed by atoms with Crippen LogP contribution >= 0.6 is 0 Å². The third-order valence-corrected chi connectivity index (χ3v) is 2.14. The lowest BCUT2D eigenvalue weighted by Crippen LogP contribution is -2.25. The molecule has 82 valence electrons. The van der Waals surface area contributed by atoms with Gasteiger partial charge in [0.2, 0.25) is 5.91 Å². The Morgan fingerprint density at radius 2 is 2.00 bits per heavy atom. The minimum absolute atomic E-state index is 0.0484. The molecular formula is C12H17NO2. The topological polar surface area (TPSA) is 49.3 Å². The Balaban J connectivity index is 2.17. The minimum Gasteiger partial charge on any atom is -0.396 e.